The van der Waals surface area contributed by atoms with E-state index in [-0.39, 0.29) is 28.8 Å². The predicted octanol–water partition coefficient (Wildman–Crippen LogP) is 3.10. The highest BCUT2D eigenvalue weighted by Crippen LogP contribution is 2.31. The Morgan fingerprint density at radius 3 is 1.20 bits per heavy atom. The van der Waals surface area contributed by atoms with Gasteiger partial charge in [0.2, 0.25) is 0 Å². The summed E-state index contributed by atoms with van der Waals surface area (Å²) in [6, 6.07) is 0. The lowest BCUT2D eigenvalue weighted by Gasteiger charge is -2.30. The van der Waals surface area contributed by atoms with Gasteiger partial charge in [-0.05, 0) is 5.41 Å². The highest BCUT2D eigenvalue weighted by atomic mass is 16.2. The van der Waals surface area contributed by atoms with Crippen molar-refractivity contribution in [3.8, 4) is 0 Å². The van der Waals surface area contributed by atoms with Crippen LogP contribution in [0.4, 0.5) is 0 Å². The summed E-state index contributed by atoms with van der Waals surface area (Å²) in [4.78, 5) is 24.0. The minimum atomic E-state index is -0.461. The average Bonchev–Trinajstić information content (AvgIpc) is 2.01. The first-order valence-corrected chi connectivity index (χ1v) is 5.66. The van der Waals surface area contributed by atoms with Crippen molar-refractivity contribution in [3.63, 3.8) is 0 Å². The van der Waals surface area contributed by atoms with Gasteiger partial charge in [-0.25, -0.2) is 0 Å². The summed E-state index contributed by atoms with van der Waals surface area (Å²) in [5.74, 6) is -0.464. The fourth-order valence-corrected chi connectivity index (χ4v) is 1.66. The van der Waals surface area contributed by atoms with Crippen molar-refractivity contribution >= 4 is 11.6 Å². The van der Waals surface area contributed by atoms with E-state index in [0.717, 1.165) is 0 Å². The summed E-state index contributed by atoms with van der Waals surface area (Å²) in [5.41, 5.74) is -0.275. The normalized spacial score (nSPS) is 12.7. The van der Waals surface area contributed by atoms with Crippen LogP contribution in [0.5, 0.6) is 0 Å². The minimum absolute atomic E-state index is 0.0706. The zero-order chi connectivity index (χ0) is 12.4. The Balaban J connectivity index is 5.09. The molecule has 2 heteroatoms. The van der Waals surface area contributed by atoms with Gasteiger partial charge in [-0.15, -0.1) is 0 Å². The molecule has 0 rings (SSSR count). The van der Waals surface area contributed by atoms with Crippen LogP contribution in [0.3, 0.4) is 0 Å². The molecule has 0 aromatic heterocycles. The molecule has 0 aliphatic carbocycles. The molecule has 0 saturated heterocycles. The van der Waals surface area contributed by atoms with Gasteiger partial charge in [0, 0.05) is 11.8 Å². The van der Waals surface area contributed by atoms with Crippen molar-refractivity contribution in [1.29, 1.82) is 0 Å². The minimum Gasteiger partial charge on any atom is -0.299 e. The quantitative estimate of drug-likeness (QED) is 0.671. The third kappa shape index (κ3) is 3.77. The topological polar surface area (TPSA) is 34.1 Å². The second-order valence-electron chi connectivity index (χ2n) is 5.91. The van der Waals surface area contributed by atoms with Gasteiger partial charge < -0.3 is 0 Å². The second-order valence-corrected chi connectivity index (χ2v) is 5.91. The summed E-state index contributed by atoms with van der Waals surface area (Å²) in [6.07, 6.45) is 0. The van der Waals surface area contributed by atoms with Crippen LogP contribution in [0.2, 0.25) is 0 Å². The van der Waals surface area contributed by atoms with Crippen molar-refractivity contribution in [2.45, 2.75) is 48.5 Å². The monoisotopic (exact) mass is 212 g/mol. The van der Waals surface area contributed by atoms with E-state index in [9.17, 15) is 9.59 Å². The van der Waals surface area contributed by atoms with Gasteiger partial charge in [-0.1, -0.05) is 48.5 Å². The van der Waals surface area contributed by atoms with Crippen LogP contribution >= 0.6 is 0 Å². The SMILES string of the molecule is CC(C)C(=O)C(C(=O)C(C)C)C(C)(C)C. The molecule has 15 heavy (non-hydrogen) atoms. The lowest BCUT2D eigenvalue weighted by molar-refractivity contribution is -0.140. The van der Waals surface area contributed by atoms with Gasteiger partial charge in [0.1, 0.15) is 11.6 Å². The summed E-state index contributed by atoms with van der Waals surface area (Å²) in [5, 5.41) is 0. The smallest absolute Gasteiger partial charge is 0.146 e. The van der Waals surface area contributed by atoms with Gasteiger partial charge >= 0.3 is 0 Å². The Morgan fingerprint density at radius 1 is 0.800 bits per heavy atom. The predicted molar refractivity (Wildman–Crippen MR) is 62.6 cm³/mol. The third-order valence-corrected chi connectivity index (χ3v) is 2.57. The zero-order valence-electron chi connectivity index (χ0n) is 11.0. The molecule has 0 amide bonds. The van der Waals surface area contributed by atoms with Crippen LogP contribution in [0.25, 0.3) is 0 Å². The summed E-state index contributed by atoms with van der Waals surface area (Å²) < 4.78 is 0. The van der Waals surface area contributed by atoms with Crippen LogP contribution in [0.15, 0.2) is 0 Å². The van der Waals surface area contributed by atoms with Gasteiger partial charge in [0.25, 0.3) is 0 Å². The van der Waals surface area contributed by atoms with E-state index in [1.54, 1.807) is 0 Å². The molecule has 0 bridgehead atoms. The Labute approximate surface area is 93.4 Å². The molecule has 0 unspecified atom stereocenters. The standard InChI is InChI=1S/C13H24O2/c1-8(2)11(14)10(13(5,6)7)12(15)9(3)4/h8-10H,1-7H3. The maximum atomic E-state index is 12.0. The number of carbonyl (C=O) groups excluding carboxylic acids is 2. The highest BCUT2D eigenvalue weighted by Gasteiger charge is 2.38. The molecular formula is C13H24O2. The second kappa shape index (κ2) is 4.91. The first-order valence-electron chi connectivity index (χ1n) is 5.66. The van der Waals surface area contributed by atoms with Gasteiger partial charge in [0.15, 0.2) is 0 Å². The molecule has 0 aromatic rings. The Morgan fingerprint density at radius 2 is 1.07 bits per heavy atom. The summed E-state index contributed by atoms with van der Waals surface area (Å²) in [7, 11) is 0. The Bertz CT molecular complexity index is 224. The fraction of sp³-hybridized carbons (Fsp3) is 0.846. The number of rotatable bonds is 4. The van der Waals surface area contributed by atoms with E-state index >= 15 is 0 Å². The molecular weight excluding hydrogens is 188 g/mol. The van der Waals surface area contributed by atoms with Crippen molar-refractivity contribution in [2.75, 3.05) is 0 Å². The van der Waals surface area contributed by atoms with E-state index < -0.39 is 5.92 Å². The molecule has 0 aliphatic heterocycles. The molecule has 0 heterocycles. The van der Waals surface area contributed by atoms with E-state index in [1.165, 1.54) is 0 Å². The number of ketones is 2. The fourth-order valence-electron chi connectivity index (χ4n) is 1.66. The van der Waals surface area contributed by atoms with Crippen LogP contribution in [-0.2, 0) is 9.59 Å². The van der Waals surface area contributed by atoms with Gasteiger partial charge in [-0.3, -0.25) is 9.59 Å². The van der Waals surface area contributed by atoms with Crippen molar-refractivity contribution < 1.29 is 9.59 Å². The van der Waals surface area contributed by atoms with E-state index in [0.29, 0.717) is 0 Å². The first-order chi connectivity index (χ1) is 6.59. The Kier molecular flexibility index (Phi) is 4.69. The maximum absolute atomic E-state index is 12.0. The summed E-state index contributed by atoms with van der Waals surface area (Å²) >= 11 is 0. The molecule has 0 atom stereocenters. The molecule has 0 saturated carbocycles. The Hall–Kier alpha value is -0.660. The number of Topliss-reactive ketones (excluding diaryl/α,β-unsaturated/α-hetero) is 2. The van der Waals surface area contributed by atoms with Crippen molar-refractivity contribution in [1.82, 2.24) is 0 Å². The molecule has 0 aliphatic rings. The average molecular weight is 212 g/mol. The number of hydrogen-bond donors (Lipinski definition) is 0. The molecule has 0 spiro atoms. The molecule has 88 valence electrons. The van der Waals surface area contributed by atoms with Crippen molar-refractivity contribution in [2.24, 2.45) is 23.2 Å². The molecule has 2 nitrogen and oxygen atoms in total. The third-order valence-electron chi connectivity index (χ3n) is 2.57. The largest absolute Gasteiger partial charge is 0.299 e. The lowest BCUT2D eigenvalue weighted by atomic mass is 9.71. The van der Waals surface area contributed by atoms with Gasteiger partial charge in [-0.2, -0.15) is 0 Å². The van der Waals surface area contributed by atoms with E-state index in [1.807, 2.05) is 48.5 Å². The van der Waals surface area contributed by atoms with Crippen LogP contribution in [0.1, 0.15) is 48.5 Å². The molecule has 0 fully saturated rings. The zero-order valence-corrected chi connectivity index (χ0v) is 11.0. The van der Waals surface area contributed by atoms with Crippen LogP contribution in [0, 0.1) is 23.2 Å². The molecule has 0 aromatic carbocycles. The lowest BCUT2D eigenvalue weighted by Crippen LogP contribution is -2.39. The molecule has 0 N–H and O–H groups in total. The summed E-state index contributed by atoms with van der Waals surface area (Å²) in [6.45, 7) is 13.3. The van der Waals surface area contributed by atoms with Gasteiger partial charge in [0.05, 0.1) is 5.92 Å². The van der Waals surface area contributed by atoms with Crippen molar-refractivity contribution in [3.05, 3.63) is 0 Å². The first kappa shape index (κ1) is 14.3. The molecule has 0 radical (unpaired) electrons. The van der Waals surface area contributed by atoms with Crippen LogP contribution < -0.4 is 0 Å². The number of carbonyl (C=O) groups is 2. The highest BCUT2D eigenvalue weighted by molar-refractivity contribution is 6.04. The number of hydrogen-bond acceptors (Lipinski definition) is 2. The maximum Gasteiger partial charge on any atom is 0.146 e. The van der Waals surface area contributed by atoms with E-state index in [2.05, 4.69) is 0 Å². The van der Waals surface area contributed by atoms with Crippen LogP contribution in [-0.4, -0.2) is 11.6 Å². The van der Waals surface area contributed by atoms with E-state index in [4.69, 9.17) is 0 Å².